The van der Waals surface area contributed by atoms with Gasteiger partial charge in [0.05, 0.1) is 0 Å². The maximum absolute atomic E-state index is 12.3. The number of fused-ring (bicyclic) bond motifs is 2. The normalized spacial score (nSPS) is 28.5. The summed E-state index contributed by atoms with van der Waals surface area (Å²) in [4.78, 5) is 18.7. The van der Waals surface area contributed by atoms with Crippen LogP contribution in [0.25, 0.3) is 0 Å². The molecule has 2 fully saturated rings. The molecule has 2 aliphatic rings. The molecule has 17 heavy (non-hydrogen) atoms. The molecule has 2 unspecified atom stereocenters. The lowest BCUT2D eigenvalue weighted by Crippen LogP contribution is -2.54. The van der Waals surface area contributed by atoms with Gasteiger partial charge in [-0.1, -0.05) is 0 Å². The lowest BCUT2D eigenvalue weighted by atomic mass is 10.2. The minimum atomic E-state index is 0.205. The zero-order chi connectivity index (χ0) is 12.7. The summed E-state index contributed by atoms with van der Waals surface area (Å²) in [6, 6.07) is 2.12. The van der Waals surface area contributed by atoms with Gasteiger partial charge in [-0.15, -0.1) is 0 Å². The fraction of sp³-hybridized carbons (Fsp3) is 0.923. The number of carbonyl (C=O) groups excluding carboxylic acids is 1. The molecular weight excluding hydrogens is 214 g/mol. The van der Waals surface area contributed by atoms with Crippen molar-refractivity contribution >= 4 is 6.03 Å². The average molecular weight is 239 g/mol. The fourth-order valence-electron chi connectivity index (χ4n) is 2.99. The summed E-state index contributed by atoms with van der Waals surface area (Å²) in [5.41, 5.74) is 0. The number of nitrogens with zero attached hydrogens (tertiary/aromatic N) is 3. The summed E-state index contributed by atoms with van der Waals surface area (Å²) < 4.78 is 0. The molecule has 0 aromatic carbocycles. The molecular formula is C13H25N3O. The maximum Gasteiger partial charge on any atom is 0.320 e. The molecule has 0 N–H and O–H groups in total. The molecule has 0 saturated carbocycles. The van der Waals surface area contributed by atoms with E-state index in [1.54, 1.807) is 0 Å². The van der Waals surface area contributed by atoms with Crippen LogP contribution in [0.5, 0.6) is 0 Å². The van der Waals surface area contributed by atoms with Gasteiger partial charge in [0.2, 0.25) is 0 Å². The molecule has 98 valence electrons. The largest absolute Gasteiger partial charge is 0.325 e. The van der Waals surface area contributed by atoms with Crippen LogP contribution < -0.4 is 0 Å². The van der Waals surface area contributed by atoms with Crippen LogP contribution >= 0.6 is 0 Å². The molecule has 0 aromatic heterocycles. The number of piperazine rings is 1. The van der Waals surface area contributed by atoms with Crippen molar-refractivity contribution in [1.82, 2.24) is 14.7 Å². The summed E-state index contributed by atoms with van der Waals surface area (Å²) in [5, 5.41) is 0. The van der Waals surface area contributed by atoms with Crippen molar-refractivity contribution in [2.24, 2.45) is 0 Å². The van der Waals surface area contributed by atoms with Crippen molar-refractivity contribution in [3.05, 3.63) is 0 Å². The van der Waals surface area contributed by atoms with Gasteiger partial charge in [0.25, 0.3) is 0 Å². The van der Waals surface area contributed by atoms with Crippen molar-refractivity contribution in [3.63, 3.8) is 0 Å². The van der Waals surface area contributed by atoms with E-state index in [1.165, 1.54) is 0 Å². The Kier molecular flexibility index (Phi) is 3.34. The Morgan fingerprint density at radius 3 is 2.24 bits per heavy atom. The summed E-state index contributed by atoms with van der Waals surface area (Å²) in [7, 11) is 1.90. The molecule has 2 bridgehead atoms. The topological polar surface area (TPSA) is 26.8 Å². The third-order valence-corrected chi connectivity index (χ3v) is 4.27. The SMILES string of the molecule is CC(C)N(C)C(=O)N1CC2CC1CN2C(C)C. The third-order valence-electron chi connectivity index (χ3n) is 4.27. The Labute approximate surface area is 105 Å². The van der Waals surface area contributed by atoms with Crippen LogP contribution in [0.2, 0.25) is 0 Å². The van der Waals surface area contributed by atoms with Gasteiger partial charge in [-0.25, -0.2) is 4.79 Å². The van der Waals surface area contributed by atoms with E-state index in [2.05, 4.69) is 37.5 Å². The highest BCUT2D eigenvalue weighted by Gasteiger charge is 2.46. The van der Waals surface area contributed by atoms with Crippen molar-refractivity contribution in [1.29, 1.82) is 0 Å². The van der Waals surface area contributed by atoms with Gasteiger partial charge >= 0.3 is 6.03 Å². The number of urea groups is 1. The Bertz CT molecular complexity index is 303. The molecule has 0 spiro atoms. The maximum atomic E-state index is 12.3. The van der Waals surface area contributed by atoms with E-state index in [0.717, 1.165) is 19.5 Å². The molecule has 4 heteroatoms. The van der Waals surface area contributed by atoms with Gasteiger partial charge in [0.15, 0.2) is 0 Å². The van der Waals surface area contributed by atoms with Crippen molar-refractivity contribution in [3.8, 4) is 0 Å². The molecule has 2 atom stereocenters. The van der Waals surface area contributed by atoms with Crippen LogP contribution in [0.1, 0.15) is 34.1 Å². The standard InChI is InChI=1S/C13H25N3O/c1-9(2)14(5)13(17)16-8-11-6-12(16)7-15(11)10(3)4/h9-12H,6-8H2,1-5H3. The lowest BCUT2D eigenvalue weighted by Gasteiger charge is -2.38. The zero-order valence-electron chi connectivity index (χ0n) is 11.7. The van der Waals surface area contributed by atoms with Gasteiger partial charge in [-0.05, 0) is 34.1 Å². The first-order chi connectivity index (χ1) is 7.91. The quantitative estimate of drug-likeness (QED) is 0.732. The van der Waals surface area contributed by atoms with Crippen LogP contribution in [-0.2, 0) is 0 Å². The van der Waals surface area contributed by atoms with Crippen LogP contribution in [0.3, 0.4) is 0 Å². The number of hydrogen-bond donors (Lipinski definition) is 0. The van der Waals surface area contributed by atoms with Gasteiger partial charge in [0.1, 0.15) is 0 Å². The first-order valence-corrected chi connectivity index (χ1v) is 6.71. The van der Waals surface area contributed by atoms with E-state index in [4.69, 9.17) is 0 Å². The first kappa shape index (κ1) is 12.7. The minimum Gasteiger partial charge on any atom is -0.325 e. The minimum absolute atomic E-state index is 0.205. The number of amides is 2. The summed E-state index contributed by atoms with van der Waals surface area (Å²) >= 11 is 0. The van der Waals surface area contributed by atoms with E-state index >= 15 is 0 Å². The zero-order valence-corrected chi connectivity index (χ0v) is 11.7. The van der Waals surface area contributed by atoms with Gasteiger partial charge in [0, 0.05) is 44.3 Å². The second-order valence-corrected chi connectivity index (χ2v) is 5.97. The van der Waals surface area contributed by atoms with E-state index in [0.29, 0.717) is 18.1 Å². The van der Waals surface area contributed by atoms with Gasteiger partial charge in [-0.3, -0.25) is 4.90 Å². The third kappa shape index (κ3) is 2.15. The van der Waals surface area contributed by atoms with E-state index in [-0.39, 0.29) is 12.1 Å². The molecule has 0 aromatic rings. The highest BCUT2D eigenvalue weighted by molar-refractivity contribution is 5.75. The van der Waals surface area contributed by atoms with Crippen LogP contribution in [0.15, 0.2) is 0 Å². The van der Waals surface area contributed by atoms with Crippen LogP contribution in [-0.4, -0.2) is 65.0 Å². The van der Waals surface area contributed by atoms with E-state index in [9.17, 15) is 4.79 Å². The summed E-state index contributed by atoms with van der Waals surface area (Å²) in [6.45, 7) is 10.6. The van der Waals surface area contributed by atoms with Crippen molar-refractivity contribution < 1.29 is 4.79 Å². The number of carbonyl (C=O) groups is 1. The smallest absolute Gasteiger partial charge is 0.320 e. The first-order valence-electron chi connectivity index (χ1n) is 6.71. The van der Waals surface area contributed by atoms with E-state index in [1.807, 2.05) is 11.9 Å². The second kappa shape index (κ2) is 4.48. The number of likely N-dealkylation sites (tertiary alicyclic amines) is 2. The predicted molar refractivity (Wildman–Crippen MR) is 69.0 cm³/mol. The monoisotopic (exact) mass is 239 g/mol. The molecule has 2 aliphatic heterocycles. The summed E-state index contributed by atoms with van der Waals surface area (Å²) in [5.74, 6) is 0. The number of rotatable bonds is 2. The lowest BCUT2D eigenvalue weighted by molar-refractivity contribution is 0.0959. The van der Waals surface area contributed by atoms with Gasteiger partial charge < -0.3 is 9.80 Å². The molecule has 2 heterocycles. The molecule has 2 amide bonds. The number of hydrogen-bond acceptors (Lipinski definition) is 2. The van der Waals surface area contributed by atoms with Crippen LogP contribution in [0, 0.1) is 0 Å². The Morgan fingerprint density at radius 1 is 1.18 bits per heavy atom. The van der Waals surface area contributed by atoms with E-state index < -0.39 is 0 Å². The highest BCUT2D eigenvalue weighted by Crippen LogP contribution is 2.32. The fourth-order valence-corrected chi connectivity index (χ4v) is 2.99. The molecule has 2 rings (SSSR count). The average Bonchev–Trinajstić information content (AvgIpc) is 2.85. The molecule has 0 aliphatic carbocycles. The Morgan fingerprint density at radius 2 is 1.82 bits per heavy atom. The van der Waals surface area contributed by atoms with Crippen molar-refractivity contribution in [2.75, 3.05) is 20.1 Å². The van der Waals surface area contributed by atoms with Crippen LogP contribution in [0.4, 0.5) is 4.79 Å². The Hall–Kier alpha value is -0.770. The predicted octanol–water partition coefficient (Wildman–Crippen LogP) is 1.61. The van der Waals surface area contributed by atoms with Gasteiger partial charge in [-0.2, -0.15) is 0 Å². The Balaban J connectivity index is 1.98. The van der Waals surface area contributed by atoms with Crippen molar-refractivity contribution in [2.45, 2.75) is 58.3 Å². The highest BCUT2D eigenvalue weighted by atomic mass is 16.2. The molecule has 0 radical (unpaired) electrons. The second-order valence-electron chi connectivity index (χ2n) is 5.97. The summed E-state index contributed by atoms with van der Waals surface area (Å²) in [6.07, 6.45) is 1.16. The molecule has 2 saturated heterocycles. The molecule has 4 nitrogen and oxygen atoms in total.